The fourth-order valence-electron chi connectivity index (χ4n) is 2.31. The smallest absolute Gasteiger partial charge is 0.207 e. The molecular weight excluding hydrogens is 278 g/mol. The maximum atomic E-state index is 12.5. The summed E-state index contributed by atoms with van der Waals surface area (Å²) in [5.74, 6) is 0.451. The average Bonchev–Trinajstić information content (AvgIpc) is 3.02. The van der Waals surface area contributed by atoms with Gasteiger partial charge in [-0.25, -0.2) is 8.42 Å². The molecule has 106 valence electrons. The van der Waals surface area contributed by atoms with Crippen LogP contribution in [0.4, 0.5) is 0 Å². The lowest BCUT2D eigenvalue weighted by Gasteiger charge is -2.25. The molecule has 2 aromatic rings. The van der Waals surface area contributed by atoms with Crippen LogP contribution in [0.15, 0.2) is 29.2 Å². The first-order valence-electron chi connectivity index (χ1n) is 6.52. The van der Waals surface area contributed by atoms with Crippen molar-refractivity contribution in [3.05, 3.63) is 24.3 Å². The summed E-state index contributed by atoms with van der Waals surface area (Å²) >= 11 is 0. The molecule has 7 nitrogen and oxygen atoms in total. The van der Waals surface area contributed by atoms with Crippen molar-refractivity contribution in [1.82, 2.24) is 24.9 Å². The maximum absolute atomic E-state index is 12.5. The fourth-order valence-corrected chi connectivity index (χ4v) is 3.83. The molecule has 8 heteroatoms. The lowest BCUT2D eigenvalue weighted by molar-refractivity contribution is 0.346. The molecule has 1 aromatic heterocycles. The van der Waals surface area contributed by atoms with Gasteiger partial charge >= 0.3 is 0 Å². The highest BCUT2D eigenvalue weighted by Crippen LogP contribution is 2.22. The van der Waals surface area contributed by atoms with Crippen LogP contribution in [0.2, 0.25) is 0 Å². The number of aromatic amines is 1. The number of nitrogens with zero attached hydrogens (tertiary/aromatic N) is 4. The largest absolute Gasteiger partial charge is 0.243 e. The fraction of sp³-hybridized carbons (Fsp3) is 0.417. The number of tetrazole rings is 1. The van der Waals surface area contributed by atoms with E-state index in [1.807, 2.05) is 0 Å². The Morgan fingerprint density at radius 2 is 1.75 bits per heavy atom. The van der Waals surface area contributed by atoms with Crippen LogP contribution in [-0.2, 0) is 10.0 Å². The molecule has 0 aliphatic carbocycles. The van der Waals surface area contributed by atoms with Crippen molar-refractivity contribution < 1.29 is 8.42 Å². The number of rotatable bonds is 3. The molecule has 20 heavy (non-hydrogen) atoms. The molecular formula is C12H15N5O2S. The topological polar surface area (TPSA) is 91.8 Å². The van der Waals surface area contributed by atoms with Crippen LogP contribution in [-0.4, -0.2) is 46.4 Å². The highest BCUT2D eigenvalue weighted by Gasteiger charge is 2.25. The van der Waals surface area contributed by atoms with Crippen LogP contribution in [0, 0.1) is 0 Å². The lowest BCUT2D eigenvalue weighted by Crippen LogP contribution is -2.35. The van der Waals surface area contributed by atoms with E-state index in [1.165, 1.54) is 0 Å². The Hall–Kier alpha value is -1.80. The van der Waals surface area contributed by atoms with Gasteiger partial charge in [0, 0.05) is 18.7 Å². The number of sulfonamides is 1. The van der Waals surface area contributed by atoms with E-state index in [2.05, 4.69) is 20.6 Å². The first-order chi connectivity index (χ1) is 9.68. The van der Waals surface area contributed by atoms with Gasteiger partial charge in [-0.3, -0.25) is 0 Å². The van der Waals surface area contributed by atoms with Crippen LogP contribution >= 0.6 is 0 Å². The van der Waals surface area contributed by atoms with Gasteiger partial charge in [0.2, 0.25) is 15.8 Å². The molecule has 1 aromatic carbocycles. The van der Waals surface area contributed by atoms with Gasteiger partial charge in [-0.15, -0.1) is 10.2 Å². The number of nitrogens with one attached hydrogen (secondary N) is 1. The minimum Gasteiger partial charge on any atom is -0.207 e. The Morgan fingerprint density at radius 3 is 2.35 bits per heavy atom. The van der Waals surface area contributed by atoms with E-state index in [4.69, 9.17) is 0 Å². The summed E-state index contributed by atoms with van der Waals surface area (Å²) in [7, 11) is -3.38. The van der Waals surface area contributed by atoms with Gasteiger partial charge in [-0.05, 0) is 42.3 Å². The Labute approximate surface area is 117 Å². The summed E-state index contributed by atoms with van der Waals surface area (Å²) in [6, 6.07) is 6.58. The van der Waals surface area contributed by atoms with Crippen LogP contribution in [0.25, 0.3) is 11.4 Å². The Morgan fingerprint density at radius 1 is 1.05 bits per heavy atom. The molecule has 0 amide bonds. The molecule has 1 aliphatic heterocycles. The maximum Gasteiger partial charge on any atom is 0.243 e. The van der Waals surface area contributed by atoms with E-state index in [-0.39, 0.29) is 0 Å². The SMILES string of the molecule is O=S(=O)(c1ccc(-c2nn[nH]n2)cc1)N1CCCCC1. The van der Waals surface area contributed by atoms with Gasteiger partial charge in [0.05, 0.1) is 4.90 Å². The van der Waals surface area contributed by atoms with Gasteiger partial charge in [0.1, 0.15) is 0 Å². The molecule has 1 aliphatic rings. The molecule has 0 unspecified atom stereocenters. The Balaban J connectivity index is 1.87. The van der Waals surface area contributed by atoms with E-state index >= 15 is 0 Å². The normalized spacial score (nSPS) is 17.2. The number of benzene rings is 1. The average molecular weight is 293 g/mol. The molecule has 1 fully saturated rings. The van der Waals surface area contributed by atoms with Crippen LogP contribution in [0.5, 0.6) is 0 Å². The summed E-state index contributed by atoms with van der Waals surface area (Å²) in [5.41, 5.74) is 0.733. The van der Waals surface area contributed by atoms with Crippen LogP contribution in [0.1, 0.15) is 19.3 Å². The molecule has 0 radical (unpaired) electrons. The van der Waals surface area contributed by atoms with E-state index in [0.717, 1.165) is 24.8 Å². The Bertz CT molecular complexity index is 660. The summed E-state index contributed by atoms with van der Waals surface area (Å²) in [5, 5.41) is 13.6. The Kier molecular flexibility index (Phi) is 3.49. The summed E-state index contributed by atoms with van der Waals surface area (Å²) < 4.78 is 26.5. The van der Waals surface area contributed by atoms with Gasteiger partial charge in [0.15, 0.2) is 0 Å². The van der Waals surface area contributed by atoms with E-state index in [9.17, 15) is 8.42 Å². The zero-order valence-electron chi connectivity index (χ0n) is 10.9. The van der Waals surface area contributed by atoms with Crippen molar-refractivity contribution in [3.8, 4) is 11.4 Å². The molecule has 3 rings (SSSR count). The number of H-pyrrole nitrogens is 1. The zero-order valence-corrected chi connectivity index (χ0v) is 11.7. The van der Waals surface area contributed by atoms with Crippen molar-refractivity contribution in [2.45, 2.75) is 24.2 Å². The highest BCUT2D eigenvalue weighted by molar-refractivity contribution is 7.89. The summed E-state index contributed by atoms with van der Waals surface area (Å²) in [6.45, 7) is 1.21. The van der Waals surface area contributed by atoms with E-state index in [0.29, 0.717) is 23.8 Å². The molecule has 0 spiro atoms. The van der Waals surface area contributed by atoms with Gasteiger partial charge < -0.3 is 0 Å². The monoisotopic (exact) mass is 293 g/mol. The zero-order chi connectivity index (χ0) is 14.0. The second kappa shape index (κ2) is 5.29. The predicted molar refractivity (Wildman–Crippen MR) is 72.2 cm³/mol. The van der Waals surface area contributed by atoms with E-state index < -0.39 is 10.0 Å². The summed E-state index contributed by atoms with van der Waals surface area (Å²) in [6.07, 6.45) is 2.96. The molecule has 1 saturated heterocycles. The predicted octanol–water partition coefficient (Wildman–Crippen LogP) is 1.04. The number of aromatic nitrogens is 4. The highest BCUT2D eigenvalue weighted by atomic mass is 32.2. The second-order valence-electron chi connectivity index (χ2n) is 4.72. The van der Waals surface area contributed by atoms with Gasteiger partial charge in [-0.2, -0.15) is 9.52 Å². The van der Waals surface area contributed by atoms with Gasteiger partial charge in [0.25, 0.3) is 0 Å². The number of hydrogen-bond donors (Lipinski definition) is 1. The van der Waals surface area contributed by atoms with Crippen molar-refractivity contribution in [3.63, 3.8) is 0 Å². The number of piperidine rings is 1. The molecule has 1 N–H and O–H groups in total. The number of hydrogen-bond acceptors (Lipinski definition) is 5. The third kappa shape index (κ3) is 2.44. The van der Waals surface area contributed by atoms with Gasteiger partial charge in [-0.1, -0.05) is 6.42 Å². The van der Waals surface area contributed by atoms with Crippen LogP contribution in [0.3, 0.4) is 0 Å². The van der Waals surface area contributed by atoms with Crippen molar-refractivity contribution in [2.75, 3.05) is 13.1 Å². The molecule has 2 heterocycles. The molecule has 0 atom stereocenters. The lowest BCUT2D eigenvalue weighted by atomic mass is 10.2. The standard InChI is InChI=1S/C12H15N5O2S/c18-20(19,17-8-2-1-3-9-17)11-6-4-10(5-7-11)12-13-15-16-14-12/h4-7H,1-3,8-9H2,(H,13,14,15,16). The van der Waals surface area contributed by atoms with Crippen molar-refractivity contribution >= 4 is 10.0 Å². The minimum atomic E-state index is -3.38. The molecule has 0 bridgehead atoms. The third-order valence-electron chi connectivity index (χ3n) is 3.41. The van der Waals surface area contributed by atoms with Crippen LogP contribution < -0.4 is 0 Å². The third-order valence-corrected chi connectivity index (χ3v) is 5.32. The minimum absolute atomic E-state index is 0.312. The first-order valence-corrected chi connectivity index (χ1v) is 7.96. The quantitative estimate of drug-likeness (QED) is 0.913. The van der Waals surface area contributed by atoms with E-state index in [1.54, 1.807) is 28.6 Å². The van der Waals surface area contributed by atoms with Crippen molar-refractivity contribution in [2.24, 2.45) is 0 Å². The second-order valence-corrected chi connectivity index (χ2v) is 6.66. The van der Waals surface area contributed by atoms with Crippen molar-refractivity contribution in [1.29, 1.82) is 0 Å². The molecule has 0 saturated carbocycles. The first kappa shape index (κ1) is 13.2. The summed E-state index contributed by atoms with van der Waals surface area (Å²) in [4.78, 5) is 0.312.